The molecule has 4 nitrogen and oxygen atoms in total. The molecule has 4 atom stereocenters. The third-order valence-corrected chi connectivity index (χ3v) is 6.79. The van der Waals surface area contributed by atoms with Crippen molar-refractivity contribution in [1.29, 1.82) is 0 Å². The van der Waals surface area contributed by atoms with Crippen molar-refractivity contribution in [3.63, 3.8) is 0 Å². The number of fused-ring (bicyclic) bond motifs is 2. The first-order valence-electron chi connectivity index (χ1n) is 9.61. The van der Waals surface area contributed by atoms with Gasteiger partial charge in [-0.05, 0) is 66.8 Å². The third kappa shape index (κ3) is 3.34. The zero-order chi connectivity index (χ0) is 19.2. The monoisotopic (exact) mass is 370 g/mol. The number of halogens is 1. The number of nitrogens with one attached hydrogen (secondary N) is 1. The summed E-state index contributed by atoms with van der Waals surface area (Å²) in [4.78, 5) is 4.32. The molecule has 3 saturated carbocycles. The molecule has 0 aliphatic heterocycles. The molecule has 144 valence electrons. The van der Waals surface area contributed by atoms with Gasteiger partial charge in [0.05, 0.1) is 5.60 Å². The lowest BCUT2D eigenvalue weighted by Gasteiger charge is -2.65. The molecule has 0 radical (unpaired) electrons. The second-order valence-electron chi connectivity index (χ2n) is 8.76. The minimum Gasteiger partial charge on any atom is -0.439 e. The summed E-state index contributed by atoms with van der Waals surface area (Å²) in [5.41, 5.74) is 0.593. The van der Waals surface area contributed by atoms with E-state index in [-0.39, 0.29) is 17.3 Å². The summed E-state index contributed by atoms with van der Waals surface area (Å²) in [7, 11) is 0. The fourth-order valence-electron chi connectivity index (χ4n) is 4.90. The van der Waals surface area contributed by atoms with Crippen molar-refractivity contribution in [3.8, 4) is 11.6 Å². The molecule has 5 rings (SSSR count). The lowest BCUT2D eigenvalue weighted by atomic mass is 9.43. The Kier molecular flexibility index (Phi) is 4.47. The Labute approximate surface area is 159 Å². The van der Waals surface area contributed by atoms with Crippen molar-refractivity contribution in [1.82, 2.24) is 10.3 Å². The SMILES string of the molecule is CC1(C)[C@H]2C[C@@H](NCc3ccc(Oc4ccc(F)cc4)nc3)[C@](C)(O)[C@H]1C2. The van der Waals surface area contributed by atoms with Crippen molar-refractivity contribution >= 4 is 0 Å². The van der Waals surface area contributed by atoms with Crippen molar-refractivity contribution < 1.29 is 14.2 Å². The van der Waals surface area contributed by atoms with Crippen molar-refractivity contribution in [2.75, 3.05) is 0 Å². The maximum absolute atomic E-state index is 12.9. The largest absolute Gasteiger partial charge is 0.439 e. The van der Waals surface area contributed by atoms with E-state index in [1.807, 2.05) is 13.0 Å². The van der Waals surface area contributed by atoms with E-state index in [2.05, 4.69) is 24.1 Å². The predicted molar refractivity (Wildman–Crippen MR) is 102 cm³/mol. The second kappa shape index (κ2) is 6.57. The Morgan fingerprint density at radius 2 is 1.89 bits per heavy atom. The highest BCUT2D eigenvalue weighted by molar-refractivity contribution is 5.28. The highest BCUT2D eigenvalue weighted by Crippen LogP contribution is 2.62. The van der Waals surface area contributed by atoms with Crippen LogP contribution in [0.1, 0.15) is 39.2 Å². The maximum atomic E-state index is 12.9. The van der Waals surface area contributed by atoms with Gasteiger partial charge < -0.3 is 15.2 Å². The number of pyridine rings is 1. The van der Waals surface area contributed by atoms with Crippen LogP contribution in [-0.2, 0) is 6.54 Å². The van der Waals surface area contributed by atoms with E-state index in [1.54, 1.807) is 24.4 Å². The summed E-state index contributed by atoms with van der Waals surface area (Å²) in [5.74, 6) is 1.76. The van der Waals surface area contributed by atoms with Crippen LogP contribution in [0, 0.1) is 23.1 Å². The molecule has 1 heterocycles. The first-order valence-corrected chi connectivity index (χ1v) is 9.61. The molecule has 2 N–H and O–H groups in total. The molecular formula is C22H27FN2O2. The summed E-state index contributed by atoms with van der Waals surface area (Å²) in [6, 6.07) is 9.73. The molecule has 5 heteroatoms. The van der Waals surface area contributed by atoms with Crippen LogP contribution in [0.5, 0.6) is 11.6 Å². The summed E-state index contributed by atoms with van der Waals surface area (Å²) >= 11 is 0. The molecule has 3 aliphatic carbocycles. The number of benzene rings is 1. The van der Waals surface area contributed by atoms with Gasteiger partial charge in [-0.1, -0.05) is 19.9 Å². The summed E-state index contributed by atoms with van der Waals surface area (Å²) < 4.78 is 18.6. The Balaban J connectivity index is 1.35. The van der Waals surface area contributed by atoms with Crippen LogP contribution < -0.4 is 10.1 Å². The third-order valence-electron chi connectivity index (χ3n) is 6.79. The Hall–Kier alpha value is -1.98. The van der Waals surface area contributed by atoms with Gasteiger partial charge in [0.2, 0.25) is 5.88 Å². The normalized spacial score (nSPS) is 31.2. The van der Waals surface area contributed by atoms with Crippen LogP contribution in [0.2, 0.25) is 0 Å². The number of aromatic nitrogens is 1. The highest BCUT2D eigenvalue weighted by atomic mass is 19.1. The van der Waals surface area contributed by atoms with Crippen LogP contribution in [0.4, 0.5) is 4.39 Å². The molecule has 27 heavy (non-hydrogen) atoms. The average molecular weight is 370 g/mol. The van der Waals surface area contributed by atoms with Gasteiger partial charge in [-0.15, -0.1) is 0 Å². The summed E-state index contributed by atoms with van der Waals surface area (Å²) in [6.07, 6.45) is 3.92. The van der Waals surface area contributed by atoms with Crippen LogP contribution in [0.15, 0.2) is 42.6 Å². The van der Waals surface area contributed by atoms with E-state index in [0.29, 0.717) is 30.0 Å². The first kappa shape index (κ1) is 18.4. The fraction of sp³-hybridized carbons (Fsp3) is 0.500. The molecule has 0 saturated heterocycles. The highest BCUT2D eigenvalue weighted by Gasteiger charge is 2.62. The van der Waals surface area contributed by atoms with Gasteiger partial charge in [-0.25, -0.2) is 9.37 Å². The zero-order valence-corrected chi connectivity index (χ0v) is 16.1. The van der Waals surface area contributed by atoms with Crippen molar-refractivity contribution in [2.45, 2.75) is 51.8 Å². The maximum Gasteiger partial charge on any atom is 0.219 e. The van der Waals surface area contributed by atoms with Gasteiger partial charge in [0, 0.05) is 24.8 Å². The number of aliphatic hydroxyl groups is 1. The van der Waals surface area contributed by atoms with Crippen LogP contribution in [-0.4, -0.2) is 21.7 Å². The molecule has 3 aliphatic rings. The fourth-order valence-corrected chi connectivity index (χ4v) is 4.90. The Morgan fingerprint density at radius 1 is 1.15 bits per heavy atom. The molecular weight excluding hydrogens is 343 g/mol. The molecule has 1 aromatic heterocycles. The number of hydrogen-bond donors (Lipinski definition) is 2. The van der Waals surface area contributed by atoms with E-state index < -0.39 is 5.60 Å². The van der Waals surface area contributed by atoms with E-state index in [1.165, 1.54) is 12.1 Å². The topological polar surface area (TPSA) is 54.4 Å². The minimum absolute atomic E-state index is 0.101. The lowest BCUT2D eigenvalue weighted by molar-refractivity contribution is -0.209. The quantitative estimate of drug-likeness (QED) is 0.824. The standard InChI is InChI=1S/C22H27FN2O2/c1-21(2)15-10-18(21)22(3,26)19(11-15)24-12-14-4-9-20(25-13-14)27-17-7-5-16(23)6-8-17/h4-9,13,15,18-19,24,26H,10-12H2,1-3H3/t15-,18+,19-,22-/m1/s1. The Bertz CT molecular complexity index is 802. The number of rotatable bonds is 5. The lowest BCUT2D eigenvalue weighted by Crippen LogP contribution is -2.69. The molecule has 0 amide bonds. The van der Waals surface area contributed by atoms with E-state index in [9.17, 15) is 9.50 Å². The Morgan fingerprint density at radius 3 is 2.48 bits per heavy atom. The number of ether oxygens (including phenoxy) is 1. The average Bonchev–Trinajstić information content (AvgIpc) is 2.63. The summed E-state index contributed by atoms with van der Waals surface area (Å²) in [6.45, 7) is 7.19. The second-order valence-corrected chi connectivity index (χ2v) is 8.76. The van der Waals surface area contributed by atoms with Gasteiger partial charge >= 0.3 is 0 Å². The van der Waals surface area contributed by atoms with E-state index in [0.717, 1.165) is 18.4 Å². The number of nitrogens with zero attached hydrogens (tertiary/aromatic N) is 1. The van der Waals surface area contributed by atoms with Gasteiger partial charge in [-0.3, -0.25) is 0 Å². The zero-order valence-electron chi connectivity index (χ0n) is 16.1. The molecule has 1 aromatic carbocycles. The van der Waals surface area contributed by atoms with Crippen molar-refractivity contribution in [3.05, 3.63) is 54.0 Å². The molecule has 0 unspecified atom stereocenters. The molecule has 2 aromatic rings. The summed E-state index contributed by atoms with van der Waals surface area (Å²) in [5, 5.41) is 14.6. The first-order chi connectivity index (χ1) is 12.8. The van der Waals surface area contributed by atoms with E-state index in [4.69, 9.17) is 4.74 Å². The van der Waals surface area contributed by atoms with Gasteiger partial charge in [0.1, 0.15) is 11.6 Å². The van der Waals surface area contributed by atoms with Gasteiger partial charge in [0.15, 0.2) is 0 Å². The number of hydrogen-bond acceptors (Lipinski definition) is 4. The smallest absolute Gasteiger partial charge is 0.219 e. The van der Waals surface area contributed by atoms with Crippen LogP contribution >= 0.6 is 0 Å². The molecule has 0 spiro atoms. The molecule has 2 bridgehead atoms. The minimum atomic E-state index is -0.683. The van der Waals surface area contributed by atoms with Crippen molar-refractivity contribution in [2.24, 2.45) is 17.3 Å². The van der Waals surface area contributed by atoms with Crippen LogP contribution in [0.25, 0.3) is 0 Å². The van der Waals surface area contributed by atoms with E-state index >= 15 is 0 Å². The van der Waals surface area contributed by atoms with Gasteiger partial charge in [-0.2, -0.15) is 0 Å². The van der Waals surface area contributed by atoms with Gasteiger partial charge in [0.25, 0.3) is 0 Å². The predicted octanol–water partition coefficient (Wildman–Crippen LogP) is 4.29. The van der Waals surface area contributed by atoms with Crippen LogP contribution in [0.3, 0.4) is 0 Å². The molecule has 3 fully saturated rings.